The molecular weight excluding hydrogens is 380 g/mol. The highest BCUT2D eigenvalue weighted by Gasteiger charge is 2.30. The number of aromatic nitrogens is 5. The predicted molar refractivity (Wildman–Crippen MR) is 109 cm³/mol. The Hall–Kier alpha value is -3.81. The number of aromatic amines is 1. The maximum atomic E-state index is 12.8. The Labute approximate surface area is 173 Å². The van der Waals surface area contributed by atoms with Crippen molar-refractivity contribution in [1.82, 2.24) is 30.0 Å². The molecule has 1 atom stereocenters. The summed E-state index contributed by atoms with van der Waals surface area (Å²) in [7, 11) is 0. The van der Waals surface area contributed by atoms with E-state index < -0.39 is 0 Å². The van der Waals surface area contributed by atoms with Gasteiger partial charge in [0.15, 0.2) is 5.69 Å². The molecule has 8 nitrogen and oxygen atoms in total. The minimum absolute atomic E-state index is 0.121. The van der Waals surface area contributed by atoms with Crippen molar-refractivity contribution in [2.75, 3.05) is 13.1 Å². The first kappa shape index (κ1) is 18.2. The second kappa shape index (κ2) is 7.90. The van der Waals surface area contributed by atoms with E-state index in [4.69, 9.17) is 4.42 Å². The highest BCUT2D eigenvalue weighted by Crippen LogP contribution is 2.25. The summed E-state index contributed by atoms with van der Waals surface area (Å²) in [5, 5.41) is 8.54. The molecule has 4 heterocycles. The number of hydrogen-bond acceptors (Lipinski definition) is 6. The van der Waals surface area contributed by atoms with Gasteiger partial charge in [-0.1, -0.05) is 30.3 Å². The van der Waals surface area contributed by atoms with E-state index in [1.807, 2.05) is 42.5 Å². The molecule has 3 aromatic heterocycles. The van der Waals surface area contributed by atoms with Gasteiger partial charge in [-0.25, -0.2) is 9.97 Å². The van der Waals surface area contributed by atoms with Gasteiger partial charge in [-0.15, -0.1) is 0 Å². The Morgan fingerprint density at radius 3 is 2.83 bits per heavy atom. The highest BCUT2D eigenvalue weighted by molar-refractivity contribution is 5.92. The van der Waals surface area contributed by atoms with Gasteiger partial charge in [0.2, 0.25) is 5.89 Å². The molecule has 0 bridgehead atoms. The van der Waals surface area contributed by atoms with Gasteiger partial charge in [0.25, 0.3) is 5.91 Å². The molecule has 0 spiro atoms. The quantitative estimate of drug-likeness (QED) is 0.552. The highest BCUT2D eigenvalue weighted by atomic mass is 16.3. The summed E-state index contributed by atoms with van der Waals surface area (Å²) in [4.78, 5) is 26.4. The molecule has 4 aromatic rings. The van der Waals surface area contributed by atoms with E-state index in [1.54, 1.807) is 17.3 Å². The van der Waals surface area contributed by atoms with E-state index in [-0.39, 0.29) is 11.8 Å². The molecule has 1 aromatic carbocycles. The number of benzene rings is 1. The third kappa shape index (κ3) is 3.71. The molecule has 1 aliphatic heterocycles. The van der Waals surface area contributed by atoms with E-state index in [1.165, 1.54) is 6.26 Å². The van der Waals surface area contributed by atoms with Crippen molar-refractivity contribution in [3.05, 3.63) is 84.2 Å². The number of amides is 1. The van der Waals surface area contributed by atoms with Gasteiger partial charge in [-0.3, -0.25) is 4.79 Å². The second-order valence-electron chi connectivity index (χ2n) is 7.29. The lowest BCUT2D eigenvalue weighted by molar-refractivity contribution is 0.0784. The maximum absolute atomic E-state index is 12.8. The lowest BCUT2D eigenvalue weighted by Crippen LogP contribution is -2.28. The molecule has 1 unspecified atom stereocenters. The molecule has 5 rings (SSSR count). The topological polar surface area (TPSA) is 101 Å². The van der Waals surface area contributed by atoms with E-state index >= 15 is 0 Å². The maximum Gasteiger partial charge on any atom is 0.275 e. The summed E-state index contributed by atoms with van der Waals surface area (Å²) in [6.07, 6.45) is 6.22. The molecule has 1 amide bonds. The molecule has 0 aliphatic carbocycles. The first-order chi connectivity index (χ1) is 14.8. The van der Waals surface area contributed by atoms with Gasteiger partial charge in [0, 0.05) is 37.0 Å². The van der Waals surface area contributed by atoms with Crippen LogP contribution in [-0.4, -0.2) is 49.0 Å². The Morgan fingerprint density at radius 2 is 2.07 bits per heavy atom. The number of oxazole rings is 1. The van der Waals surface area contributed by atoms with Crippen LogP contribution in [0.3, 0.4) is 0 Å². The van der Waals surface area contributed by atoms with Gasteiger partial charge in [0.05, 0.1) is 17.8 Å². The summed E-state index contributed by atoms with van der Waals surface area (Å²) in [5.74, 6) is 1.48. The first-order valence-electron chi connectivity index (χ1n) is 9.87. The fraction of sp³-hybridized carbons (Fsp3) is 0.227. The van der Waals surface area contributed by atoms with E-state index in [0.29, 0.717) is 31.1 Å². The number of H-pyrrole nitrogens is 1. The molecule has 1 aliphatic rings. The van der Waals surface area contributed by atoms with E-state index in [2.05, 4.69) is 25.1 Å². The molecule has 150 valence electrons. The van der Waals surface area contributed by atoms with Crippen LogP contribution in [0.2, 0.25) is 0 Å². The summed E-state index contributed by atoms with van der Waals surface area (Å²) >= 11 is 0. The van der Waals surface area contributed by atoms with Gasteiger partial charge >= 0.3 is 0 Å². The Morgan fingerprint density at radius 1 is 1.17 bits per heavy atom. The lowest BCUT2D eigenvalue weighted by atomic mass is 10.1. The number of carbonyl (C=O) groups is 1. The van der Waals surface area contributed by atoms with Crippen molar-refractivity contribution in [3.8, 4) is 11.3 Å². The Bertz CT molecular complexity index is 1120. The van der Waals surface area contributed by atoms with Crippen molar-refractivity contribution in [2.24, 2.45) is 0 Å². The van der Waals surface area contributed by atoms with Crippen LogP contribution in [0.4, 0.5) is 0 Å². The van der Waals surface area contributed by atoms with Crippen molar-refractivity contribution < 1.29 is 9.21 Å². The second-order valence-corrected chi connectivity index (χ2v) is 7.29. The van der Waals surface area contributed by atoms with Crippen LogP contribution >= 0.6 is 0 Å². The third-order valence-corrected chi connectivity index (χ3v) is 5.27. The van der Waals surface area contributed by atoms with E-state index in [9.17, 15) is 4.79 Å². The molecule has 0 radical (unpaired) electrons. The molecule has 1 fully saturated rings. The van der Waals surface area contributed by atoms with Gasteiger partial charge in [-0.05, 0) is 18.6 Å². The zero-order valence-electron chi connectivity index (χ0n) is 16.2. The zero-order chi connectivity index (χ0) is 20.3. The van der Waals surface area contributed by atoms with Crippen molar-refractivity contribution in [1.29, 1.82) is 0 Å². The summed E-state index contributed by atoms with van der Waals surface area (Å²) in [5.41, 5.74) is 2.87. The number of hydrogen-bond donors (Lipinski definition) is 1. The summed E-state index contributed by atoms with van der Waals surface area (Å²) < 4.78 is 5.52. The minimum atomic E-state index is -0.121. The number of imidazole rings is 1. The van der Waals surface area contributed by atoms with Gasteiger partial charge in [-0.2, -0.15) is 10.2 Å². The molecule has 1 N–H and O–H groups in total. The fourth-order valence-corrected chi connectivity index (χ4v) is 3.69. The first-order valence-corrected chi connectivity index (χ1v) is 9.87. The third-order valence-electron chi connectivity index (χ3n) is 5.27. The minimum Gasteiger partial charge on any atom is -0.448 e. The van der Waals surface area contributed by atoms with Crippen LogP contribution in [0.15, 0.2) is 65.5 Å². The van der Waals surface area contributed by atoms with Crippen molar-refractivity contribution >= 4 is 5.91 Å². The van der Waals surface area contributed by atoms with Crippen molar-refractivity contribution in [3.63, 3.8) is 0 Å². The molecular formula is C22H20N6O2. The summed E-state index contributed by atoms with van der Waals surface area (Å²) in [6, 6.07) is 13.7. The standard InChI is InChI=1S/C22H20N6O2/c29-22(28-11-8-16(13-28)21-23-9-10-24-21)19-14-30-20(25-19)12-17-6-7-18(27-26-17)15-4-2-1-3-5-15/h1-7,9-10,14,16H,8,11-13H2,(H,23,24). The smallest absolute Gasteiger partial charge is 0.275 e. The van der Waals surface area contributed by atoms with Crippen LogP contribution < -0.4 is 0 Å². The largest absolute Gasteiger partial charge is 0.448 e. The zero-order valence-corrected chi connectivity index (χ0v) is 16.2. The van der Waals surface area contributed by atoms with Crippen LogP contribution in [0.25, 0.3) is 11.3 Å². The van der Waals surface area contributed by atoms with Crippen LogP contribution in [0, 0.1) is 0 Å². The number of likely N-dealkylation sites (tertiary alicyclic amines) is 1. The van der Waals surface area contributed by atoms with Crippen LogP contribution in [0.1, 0.15) is 40.2 Å². The average molecular weight is 400 g/mol. The van der Waals surface area contributed by atoms with Gasteiger partial charge in [0.1, 0.15) is 12.1 Å². The number of nitrogens with one attached hydrogen (secondary N) is 1. The van der Waals surface area contributed by atoms with Crippen LogP contribution in [0.5, 0.6) is 0 Å². The Kier molecular flexibility index (Phi) is 4.80. The SMILES string of the molecule is O=C(c1coc(Cc2ccc(-c3ccccc3)nn2)n1)N1CCC(c2ncc[nH]2)C1. The molecule has 1 saturated heterocycles. The molecule has 8 heteroatoms. The lowest BCUT2D eigenvalue weighted by Gasteiger charge is -2.14. The number of carbonyl (C=O) groups excluding carboxylic acids is 1. The van der Waals surface area contributed by atoms with Gasteiger partial charge < -0.3 is 14.3 Å². The number of nitrogens with zero attached hydrogens (tertiary/aromatic N) is 5. The fourth-order valence-electron chi connectivity index (χ4n) is 3.69. The Balaban J connectivity index is 1.23. The van der Waals surface area contributed by atoms with E-state index in [0.717, 1.165) is 29.2 Å². The summed E-state index contributed by atoms with van der Waals surface area (Å²) in [6.45, 7) is 1.31. The predicted octanol–water partition coefficient (Wildman–Crippen LogP) is 3.08. The van der Waals surface area contributed by atoms with Crippen LogP contribution in [-0.2, 0) is 6.42 Å². The molecule has 30 heavy (non-hydrogen) atoms. The normalized spacial score (nSPS) is 16.1. The monoisotopic (exact) mass is 400 g/mol. The number of rotatable bonds is 5. The van der Waals surface area contributed by atoms with Crippen molar-refractivity contribution in [2.45, 2.75) is 18.8 Å². The average Bonchev–Trinajstić information content (AvgIpc) is 3.55. The molecule has 0 saturated carbocycles.